The smallest absolute Gasteiger partial charge is 0.141 e. The van der Waals surface area contributed by atoms with Crippen LogP contribution in [-0.2, 0) is 0 Å². The Balaban J connectivity index is 1.71. The summed E-state index contributed by atoms with van der Waals surface area (Å²) in [7, 11) is 0. The number of halogens is 1. The van der Waals surface area contributed by atoms with E-state index in [0.717, 1.165) is 31.3 Å². The van der Waals surface area contributed by atoms with Crippen molar-refractivity contribution in [2.45, 2.75) is 0 Å². The van der Waals surface area contributed by atoms with Gasteiger partial charge in [-0.1, -0.05) is 78.9 Å². The lowest BCUT2D eigenvalue weighted by atomic mass is 9.97. The summed E-state index contributed by atoms with van der Waals surface area (Å²) in [4.78, 5) is 0. The van der Waals surface area contributed by atoms with Crippen molar-refractivity contribution in [3.63, 3.8) is 0 Å². The van der Waals surface area contributed by atoms with Gasteiger partial charge >= 0.3 is 0 Å². The minimum Gasteiger partial charge on any atom is -0.205 e. The van der Waals surface area contributed by atoms with E-state index in [0.29, 0.717) is 0 Å². The standard InChI is InChI=1S/C24H15FS/c25-21-15-14-19(23-20-8-4-5-9-22(20)26-24(21)23)18-12-10-17(11-13-18)16-6-2-1-3-7-16/h1-15H. The summed E-state index contributed by atoms with van der Waals surface area (Å²) < 4.78 is 16.3. The Morgan fingerprint density at radius 2 is 1.23 bits per heavy atom. The van der Waals surface area contributed by atoms with Gasteiger partial charge in [-0.05, 0) is 34.4 Å². The van der Waals surface area contributed by atoms with Crippen molar-refractivity contribution in [1.82, 2.24) is 0 Å². The number of fused-ring (bicyclic) bond motifs is 3. The number of benzene rings is 4. The van der Waals surface area contributed by atoms with Crippen LogP contribution in [0.2, 0.25) is 0 Å². The maximum absolute atomic E-state index is 14.4. The molecule has 26 heavy (non-hydrogen) atoms. The molecule has 124 valence electrons. The fraction of sp³-hybridized carbons (Fsp3) is 0. The first-order chi connectivity index (χ1) is 12.8. The maximum atomic E-state index is 14.4. The first-order valence-electron chi connectivity index (χ1n) is 8.57. The van der Waals surface area contributed by atoms with E-state index in [1.807, 2.05) is 36.4 Å². The molecule has 2 heteroatoms. The van der Waals surface area contributed by atoms with Gasteiger partial charge in [0.05, 0.1) is 4.70 Å². The molecule has 0 aliphatic rings. The van der Waals surface area contributed by atoms with E-state index in [4.69, 9.17) is 0 Å². The number of hydrogen-bond donors (Lipinski definition) is 0. The van der Waals surface area contributed by atoms with Crippen LogP contribution in [0.15, 0.2) is 91.0 Å². The quantitative estimate of drug-likeness (QED) is 0.307. The van der Waals surface area contributed by atoms with Crippen molar-refractivity contribution in [2.24, 2.45) is 0 Å². The molecule has 0 spiro atoms. The Labute approximate surface area is 155 Å². The zero-order valence-electron chi connectivity index (χ0n) is 13.9. The molecule has 0 saturated heterocycles. The van der Waals surface area contributed by atoms with Crippen molar-refractivity contribution in [1.29, 1.82) is 0 Å². The third-order valence-corrected chi connectivity index (χ3v) is 5.96. The Morgan fingerprint density at radius 3 is 2.04 bits per heavy atom. The molecule has 0 bridgehead atoms. The predicted molar refractivity (Wildman–Crippen MR) is 110 cm³/mol. The summed E-state index contributed by atoms with van der Waals surface area (Å²) in [5.74, 6) is -0.147. The van der Waals surface area contributed by atoms with Crippen molar-refractivity contribution < 1.29 is 4.39 Å². The van der Waals surface area contributed by atoms with E-state index < -0.39 is 0 Å². The summed E-state index contributed by atoms with van der Waals surface area (Å²) in [6, 6.07) is 30.5. The lowest BCUT2D eigenvalue weighted by Gasteiger charge is -2.07. The van der Waals surface area contributed by atoms with Gasteiger partial charge < -0.3 is 0 Å². The maximum Gasteiger partial charge on any atom is 0.141 e. The zero-order chi connectivity index (χ0) is 17.5. The van der Waals surface area contributed by atoms with Crippen molar-refractivity contribution >= 4 is 31.5 Å². The molecule has 0 N–H and O–H groups in total. The van der Waals surface area contributed by atoms with Crippen LogP contribution in [0.25, 0.3) is 42.4 Å². The van der Waals surface area contributed by atoms with Crippen molar-refractivity contribution in [2.75, 3.05) is 0 Å². The molecule has 0 saturated carbocycles. The SMILES string of the molecule is Fc1ccc(-c2ccc(-c3ccccc3)cc2)c2c1sc1ccccc12. The summed E-state index contributed by atoms with van der Waals surface area (Å²) in [6.07, 6.45) is 0. The Morgan fingerprint density at radius 1 is 0.577 bits per heavy atom. The summed E-state index contributed by atoms with van der Waals surface area (Å²) >= 11 is 1.52. The third kappa shape index (κ3) is 2.42. The fourth-order valence-electron chi connectivity index (χ4n) is 3.51. The molecule has 5 rings (SSSR count). The van der Waals surface area contributed by atoms with Crippen LogP contribution in [0.1, 0.15) is 0 Å². The molecule has 1 heterocycles. The molecule has 1 aromatic heterocycles. The Hall–Kier alpha value is -2.97. The van der Waals surface area contributed by atoms with Crippen LogP contribution >= 0.6 is 11.3 Å². The number of hydrogen-bond acceptors (Lipinski definition) is 1. The monoisotopic (exact) mass is 354 g/mol. The molecule has 5 aromatic rings. The van der Waals surface area contributed by atoms with E-state index in [1.54, 1.807) is 6.07 Å². The summed E-state index contributed by atoms with van der Waals surface area (Å²) in [6.45, 7) is 0. The average molecular weight is 354 g/mol. The molecule has 0 aliphatic heterocycles. The predicted octanol–water partition coefficient (Wildman–Crippen LogP) is 7.53. The molecule has 0 amide bonds. The van der Waals surface area contributed by atoms with E-state index >= 15 is 0 Å². The number of rotatable bonds is 2. The molecular weight excluding hydrogens is 339 g/mol. The van der Waals surface area contributed by atoms with Crippen LogP contribution < -0.4 is 0 Å². The van der Waals surface area contributed by atoms with Gasteiger partial charge in [0, 0.05) is 15.5 Å². The van der Waals surface area contributed by atoms with Crippen LogP contribution in [-0.4, -0.2) is 0 Å². The largest absolute Gasteiger partial charge is 0.205 e. The second-order valence-corrected chi connectivity index (χ2v) is 7.39. The second-order valence-electron chi connectivity index (χ2n) is 6.34. The highest BCUT2D eigenvalue weighted by molar-refractivity contribution is 7.26. The molecule has 0 aliphatic carbocycles. The molecule has 0 unspecified atom stereocenters. The topological polar surface area (TPSA) is 0 Å². The minimum absolute atomic E-state index is 0.147. The first kappa shape index (κ1) is 15.3. The van der Waals surface area contributed by atoms with Gasteiger partial charge in [-0.25, -0.2) is 4.39 Å². The van der Waals surface area contributed by atoms with Gasteiger partial charge in [-0.3, -0.25) is 0 Å². The highest BCUT2D eigenvalue weighted by Gasteiger charge is 2.14. The van der Waals surface area contributed by atoms with E-state index in [1.165, 1.54) is 22.5 Å². The summed E-state index contributed by atoms with van der Waals surface area (Å²) in [5.41, 5.74) is 4.57. The molecule has 0 fully saturated rings. The van der Waals surface area contributed by atoms with Crippen molar-refractivity contribution in [3.05, 3.63) is 96.8 Å². The van der Waals surface area contributed by atoms with Crippen LogP contribution in [0.3, 0.4) is 0 Å². The van der Waals surface area contributed by atoms with Gasteiger partial charge in [0.25, 0.3) is 0 Å². The molecule has 4 aromatic carbocycles. The first-order valence-corrected chi connectivity index (χ1v) is 9.38. The van der Waals surface area contributed by atoms with Crippen LogP contribution in [0, 0.1) is 5.82 Å². The van der Waals surface area contributed by atoms with Crippen LogP contribution in [0.4, 0.5) is 4.39 Å². The Bertz CT molecular complexity index is 1220. The van der Waals surface area contributed by atoms with Crippen molar-refractivity contribution in [3.8, 4) is 22.3 Å². The zero-order valence-corrected chi connectivity index (χ0v) is 14.8. The Kier molecular flexibility index (Phi) is 3.58. The number of thiophene rings is 1. The lowest BCUT2D eigenvalue weighted by molar-refractivity contribution is 0.642. The molecule has 0 nitrogen and oxygen atoms in total. The third-order valence-electron chi connectivity index (χ3n) is 4.78. The van der Waals surface area contributed by atoms with E-state index in [2.05, 4.69) is 48.5 Å². The molecule has 0 radical (unpaired) electrons. The van der Waals surface area contributed by atoms with E-state index in [-0.39, 0.29) is 5.82 Å². The van der Waals surface area contributed by atoms with Gasteiger partial charge in [0.1, 0.15) is 5.82 Å². The highest BCUT2D eigenvalue weighted by atomic mass is 32.1. The molecular formula is C24H15FS. The van der Waals surface area contributed by atoms with Gasteiger partial charge in [-0.2, -0.15) is 0 Å². The molecule has 0 atom stereocenters. The minimum atomic E-state index is -0.147. The summed E-state index contributed by atoms with van der Waals surface area (Å²) in [5, 5.41) is 2.13. The van der Waals surface area contributed by atoms with Gasteiger partial charge in [0.2, 0.25) is 0 Å². The van der Waals surface area contributed by atoms with Gasteiger partial charge in [-0.15, -0.1) is 11.3 Å². The second kappa shape index (κ2) is 6.08. The highest BCUT2D eigenvalue weighted by Crippen LogP contribution is 2.41. The normalized spacial score (nSPS) is 11.3. The van der Waals surface area contributed by atoms with Gasteiger partial charge in [0.15, 0.2) is 0 Å². The van der Waals surface area contributed by atoms with E-state index in [9.17, 15) is 4.39 Å². The lowest BCUT2D eigenvalue weighted by Crippen LogP contribution is -1.83. The average Bonchev–Trinajstić information content (AvgIpc) is 3.10. The van der Waals surface area contributed by atoms with Crippen LogP contribution in [0.5, 0.6) is 0 Å². The fourth-order valence-corrected chi connectivity index (χ4v) is 4.64.